The molecule has 1 aliphatic rings. The average Bonchev–Trinajstić information content (AvgIpc) is 3.02. The van der Waals surface area contributed by atoms with Crippen molar-refractivity contribution in [2.45, 2.75) is 59.4 Å². The molecule has 0 bridgehead atoms. The van der Waals surface area contributed by atoms with E-state index in [4.69, 9.17) is 4.74 Å². The fraction of sp³-hybridized carbons (Fsp3) is 0.524. The van der Waals surface area contributed by atoms with E-state index in [2.05, 4.69) is 16.4 Å². The number of carbonyl (C=O) groups excluding carboxylic acids is 2. The topological polar surface area (TPSA) is 90.3 Å². The van der Waals surface area contributed by atoms with Gasteiger partial charge in [-0.3, -0.25) is 14.2 Å². The third kappa shape index (κ3) is 4.75. The molecule has 8 heteroatoms. The number of carbonyl (C=O) groups is 2. The van der Waals surface area contributed by atoms with Gasteiger partial charge in [0.15, 0.2) is 0 Å². The molecule has 7 nitrogen and oxygen atoms in total. The zero-order chi connectivity index (χ0) is 21.0. The van der Waals surface area contributed by atoms with Crippen LogP contribution in [0.3, 0.4) is 0 Å². The Morgan fingerprint density at radius 1 is 1.31 bits per heavy atom. The van der Waals surface area contributed by atoms with Crippen molar-refractivity contribution in [1.82, 2.24) is 14.9 Å². The Labute approximate surface area is 173 Å². The van der Waals surface area contributed by atoms with E-state index in [0.29, 0.717) is 33.0 Å². The zero-order valence-electron chi connectivity index (χ0n) is 17.2. The summed E-state index contributed by atoms with van der Waals surface area (Å²) >= 11 is 1.15. The number of aromatic nitrogens is 2. The summed E-state index contributed by atoms with van der Waals surface area (Å²) in [6, 6.07) is 0. The van der Waals surface area contributed by atoms with Gasteiger partial charge in [-0.15, -0.1) is 11.3 Å². The van der Waals surface area contributed by atoms with Crippen LogP contribution in [0.4, 0.5) is 0 Å². The highest BCUT2D eigenvalue weighted by molar-refractivity contribution is 7.20. The van der Waals surface area contributed by atoms with E-state index >= 15 is 0 Å². The molecule has 0 aromatic carbocycles. The molecule has 0 radical (unpaired) electrons. The first-order valence-electron chi connectivity index (χ1n) is 10.0. The maximum atomic E-state index is 13.0. The summed E-state index contributed by atoms with van der Waals surface area (Å²) in [5.41, 5.74) is 1.65. The summed E-state index contributed by atoms with van der Waals surface area (Å²) in [5.74, 6) is -0.220. The zero-order valence-corrected chi connectivity index (χ0v) is 18.0. The van der Waals surface area contributed by atoms with Crippen molar-refractivity contribution in [3.63, 3.8) is 0 Å². The minimum absolute atomic E-state index is 0.0866. The predicted molar refractivity (Wildman–Crippen MR) is 113 cm³/mol. The Balaban J connectivity index is 1.75. The molecule has 0 unspecified atom stereocenters. The second kappa shape index (κ2) is 9.35. The van der Waals surface area contributed by atoms with Crippen molar-refractivity contribution in [1.29, 1.82) is 0 Å². The van der Waals surface area contributed by atoms with Crippen LogP contribution in [-0.4, -0.2) is 34.6 Å². The van der Waals surface area contributed by atoms with Gasteiger partial charge in [0.2, 0.25) is 5.91 Å². The van der Waals surface area contributed by atoms with Crippen molar-refractivity contribution in [2.75, 3.05) is 13.2 Å². The summed E-state index contributed by atoms with van der Waals surface area (Å²) in [4.78, 5) is 42.9. The molecule has 0 spiro atoms. The van der Waals surface area contributed by atoms with Crippen LogP contribution in [0.5, 0.6) is 0 Å². The fourth-order valence-corrected chi connectivity index (χ4v) is 4.70. The molecule has 0 saturated carbocycles. The minimum atomic E-state index is -0.452. The molecule has 1 amide bonds. The second-order valence-corrected chi connectivity index (χ2v) is 8.21. The van der Waals surface area contributed by atoms with Crippen molar-refractivity contribution in [3.8, 4) is 0 Å². The number of aryl methyl sites for hydroxylation is 2. The van der Waals surface area contributed by atoms with Gasteiger partial charge in [-0.25, -0.2) is 9.78 Å². The minimum Gasteiger partial charge on any atom is -0.462 e. The van der Waals surface area contributed by atoms with E-state index in [-0.39, 0.29) is 24.6 Å². The lowest BCUT2D eigenvalue weighted by Gasteiger charge is -2.13. The highest BCUT2D eigenvalue weighted by atomic mass is 32.1. The molecule has 29 heavy (non-hydrogen) atoms. The number of nitrogens with zero attached hydrogens (tertiary/aromatic N) is 2. The predicted octanol–water partition coefficient (Wildman–Crippen LogP) is 3.26. The van der Waals surface area contributed by atoms with Crippen molar-refractivity contribution < 1.29 is 14.3 Å². The summed E-state index contributed by atoms with van der Waals surface area (Å²) in [5, 5.41) is 3.28. The van der Waals surface area contributed by atoms with Gasteiger partial charge in [0, 0.05) is 6.54 Å². The molecule has 3 rings (SSSR count). The Kier molecular flexibility index (Phi) is 6.84. The van der Waals surface area contributed by atoms with Crippen molar-refractivity contribution in [3.05, 3.63) is 38.3 Å². The first-order chi connectivity index (χ1) is 13.9. The van der Waals surface area contributed by atoms with E-state index in [1.165, 1.54) is 23.0 Å². The van der Waals surface area contributed by atoms with E-state index in [0.717, 1.165) is 30.6 Å². The van der Waals surface area contributed by atoms with Crippen LogP contribution >= 0.6 is 11.3 Å². The van der Waals surface area contributed by atoms with Gasteiger partial charge in [0.05, 0.1) is 12.0 Å². The number of esters is 1. The molecular weight excluding hydrogens is 390 g/mol. The maximum absolute atomic E-state index is 13.0. The van der Waals surface area contributed by atoms with Gasteiger partial charge in [0.25, 0.3) is 5.56 Å². The van der Waals surface area contributed by atoms with Gasteiger partial charge >= 0.3 is 5.97 Å². The summed E-state index contributed by atoms with van der Waals surface area (Å²) < 4.78 is 6.43. The molecular formula is C21H27N3O4S. The molecule has 1 aliphatic carbocycles. The molecule has 0 aliphatic heterocycles. The van der Waals surface area contributed by atoms with Crippen LogP contribution in [0, 0.1) is 13.8 Å². The van der Waals surface area contributed by atoms with E-state index in [1.54, 1.807) is 20.8 Å². The third-order valence-electron chi connectivity index (χ3n) is 5.16. The molecule has 2 heterocycles. The molecule has 2 aromatic heterocycles. The first kappa shape index (κ1) is 21.2. The van der Waals surface area contributed by atoms with Crippen molar-refractivity contribution >= 4 is 33.4 Å². The monoisotopic (exact) mass is 417 g/mol. The molecule has 0 atom stereocenters. The van der Waals surface area contributed by atoms with Crippen LogP contribution in [0.15, 0.2) is 16.4 Å². The van der Waals surface area contributed by atoms with Crippen LogP contribution in [0.2, 0.25) is 0 Å². The molecule has 1 N–H and O–H groups in total. The number of nitrogens with one attached hydrogen (secondary N) is 1. The lowest BCUT2D eigenvalue weighted by atomic mass is 9.97. The van der Waals surface area contributed by atoms with Gasteiger partial charge in [-0.05, 0) is 58.4 Å². The number of rotatable bonds is 7. The van der Waals surface area contributed by atoms with Crippen LogP contribution in [-0.2, 0) is 16.1 Å². The normalized spacial score (nSPS) is 14.0. The number of fused-ring (bicyclic) bond motifs is 1. The SMILES string of the molecule is CCOC(=O)c1sc2nc(C)n(CC(=O)NCCC3=CCCCC3)c(=O)c2c1C. The van der Waals surface area contributed by atoms with Gasteiger partial charge in [-0.1, -0.05) is 11.6 Å². The van der Waals surface area contributed by atoms with Crippen LogP contribution in [0.1, 0.15) is 60.1 Å². The Bertz CT molecular complexity index is 1020. The summed E-state index contributed by atoms with van der Waals surface area (Å²) in [6.45, 7) is 5.89. The maximum Gasteiger partial charge on any atom is 0.348 e. The molecule has 0 saturated heterocycles. The standard InChI is InChI=1S/C21H27N3O4S/c1-4-28-21(27)18-13(2)17-19(29-18)23-14(3)24(20(17)26)12-16(25)22-11-10-15-8-6-5-7-9-15/h8H,4-7,9-12H2,1-3H3,(H,22,25). The molecule has 2 aromatic rings. The van der Waals surface area contributed by atoms with Gasteiger partial charge in [0.1, 0.15) is 22.1 Å². The number of allylic oxidation sites excluding steroid dienone is 1. The lowest BCUT2D eigenvalue weighted by Crippen LogP contribution is -2.34. The second-order valence-electron chi connectivity index (χ2n) is 7.22. The van der Waals surface area contributed by atoms with Crippen LogP contribution < -0.4 is 10.9 Å². The number of thiophene rings is 1. The fourth-order valence-electron chi connectivity index (χ4n) is 3.59. The first-order valence-corrected chi connectivity index (χ1v) is 10.9. The van der Waals surface area contributed by atoms with E-state index in [1.807, 2.05) is 0 Å². The molecule has 156 valence electrons. The Hall–Kier alpha value is -2.48. The smallest absolute Gasteiger partial charge is 0.348 e. The largest absolute Gasteiger partial charge is 0.462 e. The quantitative estimate of drug-likeness (QED) is 0.552. The Morgan fingerprint density at radius 3 is 2.79 bits per heavy atom. The average molecular weight is 418 g/mol. The van der Waals surface area contributed by atoms with Gasteiger partial charge < -0.3 is 10.1 Å². The Morgan fingerprint density at radius 2 is 2.10 bits per heavy atom. The lowest BCUT2D eigenvalue weighted by molar-refractivity contribution is -0.121. The van der Waals surface area contributed by atoms with Crippen LogP contribution in [0.25, 0.3) is 10.2 Å². The van der Waals surface area contributed by atoms with Crippen molar-refractivity contribution in [2.24, 2.45) is 0 Å². The third-order valence-corrected chi connectivity index (χ3v) is 6.32. The number of hydrogen-bond donors (Lipinski definition) is 1. The summed E-state index contributed by atoms with van der Waals surface area (Å²) in [6.07, 6.45) is 7.81. The number of amides is 1. The highest BCUT2D eigenvalue weighted by Crippen LogP contribution is 2.28. The number of hydrogen-bond acceptors (Lipinski definition) is 6. The number of ether oxygens (including phenoxy) is 1. The van der Waals surface area contributed by atoms with Gasteiger partial charge in [-0.2, -0.15) is 0 Å². The van der Waals surface area contributed by atoms with E-state index < -0.39 is 5.97 Å². The molecule has 0 fully saturated rings. The summed E-state index contributed by atoms with van der Waals surface area (Å²) in [7, 11) is 0. The highest BCUT2D eigenvalue weighted by Gasteiger charge is 2.22. The van der Waals surface area contributed by atoms with E-state index in [9.17, 15) is 14.4 Å².